The highest BCUT2D eigenvalue weighted by Gasteiger charge is 2.49. The zero-order chi connectivity index (χ0) is 22.3. The molecule has 32 heavy (non-hydrogen) atoms. The topological polar surface area (TPSA) is 94.2 Å². The van der Waals surface area contributed by atoms with E-state index in [0.29, 0.717) is 18.9 Å². The van der Waals surface area contributed by atoms with Crippen molar-refractivity contribution in [1.29, 1.82) is 0 Å². The van der Waals surface area contributed by atoms with Crippen LogP contribution >= 0.6 is 11.3 Å². The van der Waals surface area contributed by atoms with Crippen molar-refractivity contribution in [2.45, 2.75) is 30.9 Å². The second-order valence-corrected chi connectivity index (χ2v) is 9.60. The molecule has 162 valence electrons. The largest absolute Gasteiger partial charge is 0.467 e. The van der Waals surface area contributed by atoms with Crippen LogP contribution in [-0.4, -0.2) is 32.8 Å². The van der Waals surface area contributed by atoms with Gasteiger partial charge in [-0.25, -0.2) is 15.0 Å². The molecule has 0 atom stereocenters. The average Bonchev–Trinajstić information content (AvgIpc) is 3.24. The minimum Gasteiger partial charge on any atom is -0.467 e. The zero-order valence-electron chi connectivity index (χ0n) is 17.9. The Labute approximate surface area is 190 Å². The number of rotatable bonds is 5. The molecule has 0 bridgehead atoms. The van der Waals surface area contributed by atoms with Gasteiger partial charge in [0.05, 0.1) is 23.3 Å². The first-order valence-electron chi connectivity index (χ1n) is 10.4. The highest BCUT2D eigenvalue weighted by Crippen LogP contribution is 2.47. The summed E-state index contributed by atoms with van der Waals surface area (Å²) in [5, 5.41) is 11.0. The Bertz CT molecular complexity index is 1230. The molecular weight excluding hydrogens is 420 g/mol. The van der Waals surface area contributed by atoms with Gasteiger partial charge in [0, 0.05) is 29.1 Å². The van der Waals surface area contributed by atoms with E-state index in [-0.39, 0.29) is 0 Å². The molecule has 6 nitrogen and oxygen atoms in total. The molecule has 0 radical (unpaired) electrons. The molecule has 0 aliphatic heterocycles. The lowest BCUT2D eigenvalue weighted by Gasteiger charge is -2.49. The van der Waals surface area contributed by atoms with Crippen LogP contribution in [0.15, 0.2) is 67.0 Å². The first-order valence-corrected chi connectivity index (χ1v) is 11.2. The Balaban J connectivity index is 1.54. The summed E-state index contributed by atoms with van der Waals surface area (Å²) in [5.74, 6) is 0. The Morgan fingerprint density at radius 3 is 2.19 bits per heavy atom. The van der Waals surface area contributed by atoms with E-state index in [9.17, 15) is 5.11 Å². The summed E-state index contributed by atoms with van der Waals surface area (Å²) in [6, 6.07) is 18.8. The van der Waals surface area contributed by atoms with Crippen LogP contribution in [0.25, 0.3) is 32.3 Å². The molecule has 1 saturated carbocycles. The molecule has 1 aliphatic rings. The van der Waals surface area contributed by atoms with Crippen LogP contribution < -0.4 is 10.5 Å². The van der Waals surface area contributed by atoms with Gasteiger partial charge in [0.2, 0.25) is 0 Å². The van der Waals surface area contributed by atoms with Crippen LogP contribution in [-0.2, 0) is 5.54 Å². The fraction of sp³-hybridized carbons (Fsp3) is 0.240. The van der Waals surface area contributed by atoms with Gasteiger partial charge >= 0.3 is 6.01 Å². The van der Waals surface area contributed by atoms with Crippen LogP contribution in [0, 0.1) is 0 Å². The number of ether oxygens (including phenoxy) is 1. The second-order valence-electron chi connectivity index (χ2n) is 8.61. The van der Waals surface area contributed by atoms with Crippen molar-refractivity contribution in [1.82, 2.24) is 15.0 Å². The van der Waals surface area contributed by atoms with Crippen molar-refractivity contribution in [2.24, 2.45) is 5.73 Å². The molecule has 0 spiro atoms. The fourth-order valence-corrected chi connectivity index (χ4v) is 5.50. The quantitative estimate of drug-likeness (QED) is 0.466. The number of aromatic nitrogens is 3. The molecule has 7 heteroatoms. The summed E-state index contributed by atoms with van der Waals surface area (Å²) in [6.45, 7) is 1.83. The molecule has 4 aromatic rings. The smallest absolute Gasteiger partial charge is 0.316 e. The predicted octanol–water partition coefficient (Wildman–Crippen LogP) is 4.64. The van der Waals surface area contributed by atoms with Gasteiger partial charge < -0.3 is 15.6 Å². The standard InChI is InChI=1S/C25H24N4O2S/c1-24(30)14-25(26,15-24)19-10-8-16(9-11-19)20-21(17-6-4-3-5-7-17)32-22(29-20)18-12-27-23(31-2)28-13-18/h3-13,30H,14-15,26H2,1-2H3. The van der Waals surface area contributed by atoms with Crippen molar-refractivity contribution >= 4 is 11.3 Å². The normalized spacial score (nSPS) is 22.4. The third-order valence-corrected chi connectivity index (χ3v) is 7.00. The number of methoxy groups -OCH3 is 1. The summed E-state index contributed by atoms with van der Waals surface area (Å²) >= 11 is 1.61. The van der Waals surface area contributed by atoms with Crippen molar-refractivity contribution in [3.05, 3.63) is 72.6 Å². The average molecular weight is 445 g/mol. The molecule has 0 saturated heterocycles. The van der Waals surface area contributed by atoms with E-state index in [0.717, 1.165) is 37.8 Å². The first kappa shape index (κ1) is 20.8. The maximum absolute atomic E-state index is 10.1. The van der Waals surface area contributed by atoms with Gasteiger partial charge in [-0.15, -0.1) is 11.3 Å². The lowest BCUT2D eigenvalue weighted by Crippen LogP contribution is -2.58. The molecule has 5 rings (SSSR count). The van der Waals surface area contributed by atoms with Crippen molar-refractivity contribution < 1.29 is 9.84 Å². The molecule has 0 unspecified atom stereocenters. The summed E-state index contributed by atoms with van der Waals surface area (Å²) < 4.78 is 5.07. The number of nitrogens with zero attached hydrogens (tertiary/aromatic N) is 3. The van der Waals surface area contributed by atoms with Crippen LogP contribution in [0.1, 0.15) is 25.3 Å². The first-order chi connectivity index (χ1) is 15.4. The molecule has 2 aromatic carbocycles. The zero-order valence-corrected chi connectivity index (χ0v) is 18.8. The van der Waals surface area contributed by atoms with E-state index < -0.39 is 11.1 Å². The molecule has 1 fully saturated rings. The number of nitrogens with two attached hydrogens (primary N) is 1. The van der Waals surface area contributed by atoms with Gasteiger partial charge in [0.1, 0.15) is 5.01 Å². The fourth-order valence-electron chi connectivity index (χ4n) is 4.43. The maximum atomic E-state index is 10.1. The molecule has 3 N–H and O–H groups in total. The summed E-state index contributed by atoms with van der Waals surface area (Å²) in [7, 11) is 1.55. The third-order valence-electron chi connectivity index (χ3n) is 5.85. The SMILES string of the molecule is COc1ncc(-c2nc(-c3ccc(C4(N)CC(C)(O)C4)cc3)c(-c3ccccc3)s2)cn1. The van der Waals surface area contributed by atoms with E-state index in [1.54, 1.807) is 30.8 Å². The molecule has 2 aromatic heterocycles. The van der Waals surface area contributed by atoms with E-state index in [1.165, 1.54) is 0 Å². The van der Waals surface area contributed by atoms with Crippen LogP contribution in [0.4, 0.5) is 0 Å². The number of thiazole rings is 1. The minimum absolute atomic E-state index is 0.329. The number of aliphatic hydroxyl groups is 1. The Morgan fingerprint density at radius 1 is 0.938 bits per heavy atom. The lowest BCUT2D eigenvalue weighted by molar-refractivity contribution is -0.0738. The number of benzene rings is 2. The van der Waals surface area contributed by atoms with E-state index in [2.05, 4.69) is 46.4 Å². The Morgan fingerprint density at radius 2 is 1.59 bits per heavy atom. The molecular formula is C25H24N4O2S. The Hall–Kier alpha value is -3.13. The summed E-state index contributed by atoms with van der Waals surface area (Å²) in [5.41, 5.74) is 10.3. The lowest BCUT2D eigenvalue weighted by atomic mass is 9.63. The van der Waals surface area contributed by atoms with E-state index in [4.69, 9.17) is 15.5 Å². The second kappa shape index (κ2) is 7.78. The maximum Gasteiger partial charge on any atom is 0.316 e. The van der Waals surface area contributed by atoms with Gasteiger partial charge in [-0.3, -0.25) is 0 Å². The number of hydrogen-bond donors (Lipinski definition) is 2. The van der Waals surface area contributed by atoms with Crippen molar-refractivity contribution in [2.75, 3.05) is 7.11 Å². The van der Waals surface area contributed by atoms with Gasteiger partial charge in [0.25, 0.3) is 0 Å². The highest BCUT2D eigenvalue weighted by atomic mass is 32.1. The van der Waals surface area contributed by atoms with Crippen molar-refractivity contribution in [3.63, 3.8) is 0 Å². The molecule has 2 heterocycles. The highest BCUT2D eigenvalue weighted by molar-refractivity contribution is 7.19. The Kier molecular flexibility index (Phi) is 5.04. The third kappa shape index (κ3) is 3.79. The van der Waals surface area contributed by atoms with Crippen LogP contribution in [0.5, 0.6) is 6.01 Å². The van der Waals surface area contributed by atoms with E-state index >= 15 is 0 Å². The summed E-state index contributed by atoms with van der Waals surface area (Å²) in [6.07, 6.45) is 4.58. The van der Waals surface area contributed by atoms with Gasteiger partial charge in [-0.05, 0) is 30.9 Å². The minimum atomic E-state index is -0.682. The van der Waals surface area contributed by atoms with E-state index in [1.807, 2.05) is 25.1 Å². The van der Waals surface area contributed by atoms with Crippen LogP contribution in [0.3, 0.4) is 0 Å². The summed E-state index contributed by atoms with van der Waals surface area (Å²) in [4.78, 5) is 14.5. The molecule has 1 aliphatic carbocycles. The van der Waals surface area contributed by atoms with Gasteiger partial charge in [0.15, 0.2) is 0 Å². The predicted molar refractivity (Wildman–Crippen MR) is 126 cm³/mol. The monoisotopic (exact) mass is 444 g/mol. The van der Waals surface area contributed by atoms with Crippen molar-refractivity contribution in [3.8, 4) is 38.3 Å². The van der Waals surface area contributed by atoms with Gasteiger partial charge in [-0.1, -0.05) is 54.6 Å². The number of hydrogen-bond acceptors (Lipinski definition) is 7. The molecule has 0 amide bonds. The van der Waals surface area contributed by atoms with Crippen LogP contribution in [0.2, 0.25) is 0 Å². The van der Waals surface area contributed by atoms with Gasteiger partial charge in [-0.2, -0.15) is 0 Å².